The quantitative estimate of drug-likeness (QED) is 0.834. The fourth-order valence-electron chi connectivity index (χ4n) is 1.59. The molecule has 5 nitrogen and oxygen atoms in total. The maximum atomic E-state index is 11.6. The number of para-hydroxylation sites is 1. The van der Waals surface area contributed by atoms with Crippen LogP contribution in [0.15, 0.2) is 43.0 Å². The van der Waals surface area contributed by atoms with Crippen molar-refractivity contribution in [3.63, 3.8) is 0 Å². The van der Waals surface area contributed by atoms with Crippen LogP contribution in [0.2, 0.25) is 0 Å². The monoisotopic (exact) mass is 245 g/mol. The molecule has 0 saturated carbocycles. The second kappa shape index (κ2) is 5.86. The van der Waals surface area contributed by atoms with Gasteiger partial charge in [-0.2, -0.15) is 0 Å². The van der Waals surface area contributed by atoms with E-state index in [4.69, 9.17) is 0 Å². The molecule has 0 fully saturated rings. The van der Waals surface area contributed by atoms with Gasteiger partial charge in [0.25, 0.3) is 0 Å². The summed E-state index contributed by atoms with van der Waals surface area (Å²) in [5, 5.41) is 12.3. The van der Waals surface area contributed by atoms with Gasteiger partial charge in [-0.3, -0.25) is 4.79 Å². The van der Waals surface area contributed by atoms with Crippen LogP contribution in [0.1, 0.15) is 12.0 Å². The molecular weight excluding hydrogens is 230 g/mol. The molecule has 1 aromatic carbocycles. The molecule has 2 aromatic rings. The van der Waals surface area contributed by atoms with Gasteiger partial charge in [0.05, 0.1) is 6.33 Å². The zero-order chi connectivity index (χ0) is 12.8. The molecule has 5 heteroatoms. The number of hydrogen-bond acceptors (Lipinski definition) is 3. The van der Waals surface area contributed by atoms with Crippen LogP contribution in [0.4, 0.5) is 0 Å². The number of nitrogens with one attached hydrogen (secondary N) is 1. The first-order valence-corrected chi connectivity index (χ1v) is 5.75. The maximum Gasteiger partial charge on any atom is 0.222 e. The van der Waals surface area contributed by atoms with Gasteiger partial charge in [-0.25, -0.2) is 4.98 Å². The zero-order valence-corrected chi connectivity index (χ0v) is 9.91. The highest BCUT2D eigenvalue weighted by molar-refractivity contribution is 5.75. The Hall–Kier alpha value is -2.30. The maximum absolute atomic E-state index is 11.6. The third kappa shape index (κ3) is 3.35. The van der Waals surface area contributed by atoms with Crippen LogP contribution in [0.3, 0.4) is 0 Å². The Labute approximate surface area is 105 Å². The summed E-state index contributed by atoms with van der Waals surface area (Å²) in [5.41, 5.74) is 0.716. The van der Waals surface area contributed by atoms with Gasteiger partial charge >= 0.3 is 0 Å². The Balaban J connectivity index is 1.77. The minimum atomic E-state index is -0.0491. The topological polar surface area (TPSA) is 67.2 Å². The summed E-state index contributed by atoms with van der Waals surface area (Å²) in [6.45, 7) is 0.946. The fourth-order valence-corrected chi connectivity index (χ4v) is 1.59. The molecule has 2 N–H and O–H groups in total. The van der Waals surface area contributed by atoms with E-state index in [1.165, 1.54) is 0 Å². The summed E-state index contributed by atoms with van der Waals surface area (Å²) in [5.74, 6) is 0.152. The molecular formula is C13H15N3O2. The van der Waals surface area contributed by atoms with E-state index in [-0.39, 0.29) is 11.7 Å². The summed E-state index contributed by atoms with van der Waals surface area (Å²) in [7, 11) is 0. The lowest BCUT2D eigenvalue weighted by atomic mass is 10.2. The van der Waals surface area contributed by atoms with E-state index in [0.717, 1.165) is 0 Å². The van der Waals surface area contributed by atoms with E-state index in [1.807, 2.05) is 16.8 Å². The Morgan fingerprint density at radius 2 is 2.22 bits per heavy atom. The molecule has 0 aliphatic carbocycles. The van der Waals surface area contributed by atoms with Crippen molar-refractivity contribution >= 4 is 5.91 Å². The van der Waals surface area contributed by atoms with E-state index in [1.54, 1.807) is 30.7 Å². The van der Waals surface area contributed by atoms with E-state index < -0.39 is 0 Å². The van der Waals surface area contributed by atoms with Crippen molar-refractivity contribution in [1.82, 2.24) is 14.9 Å². The number of nitrogens with zero attached hydrogens (tertiary/aromatic N) is 2. The standard InChI is InChI=1S/C13H15N3O2/c17-12-4-2-1-3-11(12)9-15-13(18)5-7-16-8-6-14-10-16/h1-4,6,8,10,17H,5,7,9H2,(H,15,18). The van der Waals surface area contributed by atoms with Crippen molar-refractivity contribution in [2.24, 2.45) is 0 Å². The third-order valence-electron chi connectivity index (χ3n) is 2.62. The van der Waals surface area contributed by atoms with Gasteiger partial charge in [-0.1, -0.05) is 18.2 Å². The Kier molecular flexibility index (Phi) is 3.96. The molecule has 1 amide bonds. The molecule has 0 aliphatic rings. The number of aryl methyl sites for hydroxylation is 1. The average molecular weight is 245 g/mol. The largest absolute Gasteiger partial charge is 0.508 e. The number of rotatable bonds is 5. The number of benzene rings is 1. The number of aromatic hydroxyl groups is 1. The smallest absolute Gasteiger partial charge is 0.222 e. The molecule has 94 valence electrons. The SMILES string of the molecule is O=C(CCn1ccnc1)NCc1ccccc1O. The van der Waals surface area contributed by atoms with Gasteiger partial charge in [0.15, 0.2) is 0 Å². The number of carbonyl (C=O) groups excluding carboxylic acids is 1. The van der Waals surface area contributed by atoms with E-state index in [2.05, 4.69) is 10.3 Å². The Morgan fingerprint density at radius 1 is 1.39 bits per heavy atom. The first kappa shape index (κ1) is 12.2. The van der Waals surface area contributed by atoms with Crippen LogP contribution < -0.4 is 5.32 Å². The fraction of sp³-hybridized carbons (Fsp3) is 0.231. The Bertz CT molecular complexity index is 509. The van der Waals surface area contributed by atoms with Gasteiger partial charge in [-0.15, -0.1) is 0 Å². The van der Waals surface area contributed by atoms with Crippen LogP contribution >= 0.6 is 0 Å². The van der Waals surface area contributed by atoms with Crippen molar-refractivity contribution in [2.45, 2.75) is 19.5 Å². The Morgan fingerprint density at radius 3 is 2.94 bits per heavy atom. The van der Waals surface area contributed by atoms with Gasteiger partial charge in [0, 0.05) is 37.5 Å². The van der Waals surface area contributed by atoms with Crippen LogP contribution in [0.5, 0.6) is 5.75 Å². The molecule has 0 atom stereocenters. The highest BCUT2D eigenvalue weighted by Crippen LogP contribution is 2.14. The molecule has 2 rings (SSSR count). The molecule has 0 saturated heterocycles. The summed E-state index contributed by atoms with van der Waals surface area (Å²) in [4.78, 5) is 15.5. The van der Waals surface area contributed by atoms with Crippen molar-refractivity contribution in [3.8, 4) is 5.75 Å². The van der Waals surface area contributed by atoms with Crippen molar-refractivity contribution in [1.29, 1.82) is 0 Å². The van der Waals surface area contributed by atoms with Gasteiger partial charge in [0.1, 0.15) is 5.75 Å². The number of aromatic nitrogens is 2. The van der Waals surface area contributed by atoms with Gasteiger partial charge in [-0.05, 0) is 6.07 Å². The van der Waals surface area contributed by atoms with Crippen LogP contribution in [-0.2, 0) is 17.9 Å². The first-order chi connectivity index (χ1) is 8.75. The first-order valence-electron chi connectivity index (χ1n) is 5.75. The second-order valence-electron chi connectivity index (χ2n) is 3.96. The number of imidazole rings is 1. The highest BCUT2D eigenvalue weighted by Gasteiger charge is 2.04. The minimum Gasteiger partial charge on any atom is -0.508 e. The zero-order valence-electron chi connectivity index (χ0n) is 9.91. The molecule has 0 spiro atoms. The van der Waals surface area contributed by atoms with Crippen LogP contribution in [-0.4, -0.2) is 20.6 Å². The second-order valence-corrected chi connectivity index (χ2v) is 3.96. The van der Waals surface area contributed by atoms with Gasteiger partial charge in [0.2, 0.25) is 5.91 Å². The number of amides is 1. The van der Waals surface area contributed by atoms with Crippen molar-refractivity contribution < 1.29 is 9.90 Å². The molecule has 18 heavy (non-hydrogen) atoms. The van der Waals surface area contributed by atoms with E-state index in [0.29, 0.717) is 25.1 Å². The molecule has 1 heterocycles. The predicted molar refractivity (Wildman–Crippen MR) is 66.8 cm³/mol. The summed E-state index contributed by atoms with van der Waals surface area (Å²) < 4.78 is 1.85. The number of hydrogen-bond donors (Lipinski definition) is 2. The summed E-state index contributed by atoms with van der Waals surface area (Å²) in [6, 6.07) is 6.96. The molecule has 0 unspecified atom stereocenters. The average Bonchev–Trinajstić information content (AvgIpc) is 2.88. The van der Waals surface area contributed by atoms with Gasteiger partial charge < -0.3 is 15.0 Å². The molecule has 1 aromatic heterocycles. The molecule has 0 aliphatic heterocycles. The van der Waals surface area contributed by atoms with Crippen LogP contribution in [0.25, 0.3) is 0 Å². The number of phenolic OH excluding ortho intramolecular Hbond substituents is 1. The lowest BCUT2D eigenvalue weighted by Crippen LogP contribution is -2.23. The summed E-state index contributed by atoms with van der Waals surface area (Å²) >= 11 is 0. The lowest BCUT2D eigenvalue weighted by Gasteiger charge is -2.07. The molecule has 0 radical (unpaired) electrons. The van der Waals surface area contributed by atoms with E-state index >= 15 is 0 Å². The predicted octanol–water partition coefficient (Wildman–Crippen LogP) is 1.30. The number of phenols is 1. The molecule has 0 bridgehead atoms. The highest BCUT2D eigenvalue weighted by atomic mass is 16.3. The van der Waals surface area contributed by atoms with Crippen LogP contribution in [0, 0.1) is 0 Å². The lowest BCUT2D eigenvalue weighted by molar-refractivity contribution is -0.121. The third-order valence-corrected chi connectivity index (χ3v) is 2.62. The normalized spacial score (nSPS) is 10.2. The summed E-state index contributed by atoms with van der Waals surface area (Å²) in [6.07, 6.45) is 5.57. The number of carbonyl (C=O) groups is 1. The minimum absolute atomic E-state index is 0.0491. The van der Waals surface area contributed by atoms with E-state index in [9.17, 15) is 9.90 Å². The van der Waals surface area contributed by atoms with Crippen molar-refractivity contribution in [2.75, 3.05) is 0 Å². The van der Waals surface area contributed by atoms with Crippen molar-refractivity contribution in [3.05, 3.63) is 48.5 Å².